The summed E-state index contributed by atoms with van der Waals surface area (Å²) in [4.78, 5) is 2.51. The predicted molar refractivity (Wildman–Crippen MR) is 91.3 cm³/mol. The third kappa shape index (κ3) is 4.49. The van der Waals surface area contributed by atoms with E-state index < -0.39 is 0 Å². The van der Waals surface area contributed by atoms with Crippen LogP contribution in [0.5, 0.6) is 0 Å². The second kappa shape index (κ2) is 7.46. The van der Waals surface area contributed by atoms with Gasteiger partial charge in [0.15, 0.2) is 0 Å². The molecular weight excluding hydrogens is 312 g/mol. The average Bonchev–Trinajstić information content (AvgIpc) is 2.41. The molecule has 2 nitrogen and oxygen atoms in total. The molecule has 112 valence electrons. The summed E-state index contributed by atoms with van der Waals surface area (Å²) in [5, 5.41) is 3.50. The van der Waals surface area contributed by atoms with Crippen LogP contribution < -0.4 is 10.2 Å². The summed E-state index contributed by atoms with van der Waals surface area (Å²) in [5.74, 6) is 1.58. The second-order valence-corrected chi connectivity index (χ2v) is 7.32. The topological polar surface area (TPSA) is 15.3 Å². The third-order valence-electron chi connectivity index (χ3n) is 4.05. The van der Waals surface area contributed by atoms with Gasteiger partial charge in [0.05, 0.1) is 0 Å². The van der Waals surface area contributed by atoms with Gasteiger partial charge in [0, 0.05) is 29.8 Å². The highest BCUT2D eigenvalue weighted by Gasteiger charge is 2.16. The first-order chi connectivity index (χ1) is 9.56. The molecular formula is C17H27BrN2. The molecule has 1 heterocycles. The molecule has 0 unspecified atom stereocenters. The van der Waals surface area contributed by atoms with E-state index in [2.05, 4.69) is 65.1 Å². The van der Waals surface area contributed by atoms with E-state index in [1.807, 2.05) is 0 Å². The number of rotatable bonds is 5. The molecule has 1 saturated heterocycles. The highest BCUT2D eigenvalue weighted by atomic mass is 79.9. The number of piperidine rings is 1. The number of anilines is 1. The Hall–Kier alpha value is -0.540. The Morgan fingerprint density at radius 2 is 2.00 bits per heavy atom. The maximum Gasteiger partial charge on any atom is 0.0377 e. The Balaban J connectivity index is 1.95. The van der Waals surface area contributed by atoms with Crippen molar-refractivity contribution in [3.05, 3.63) is 28.2 Å². The molecule has 1 N–H and O–H groups in total. The summed E-state index contributed by atoms with van der Waals surface area (Å²) in [6.07, 6.45) is 2.63. The average molecular weight is 339 g/mol. The molecule has 0 spiro atoms. The van der Waals surface area contributed by atoms with E-state index in [-0.39, 0.29) is 0 Å². The van der Waals surface area contributed by atoms with Crippen LogP contribution in [0.15, 0.2) is 22.7 Å². The maximum atomic E-state index is 3.73. The fourth-order valence-corrected chi connectivity index (χ4v) is 3.15. The van der Waals surface area contributed by atoms with Crippen LogP contribution in [-0.2, 0) is 6.54 Å². The fraction of sp³-hybridized carbons (Fsp3) is 0.647. The minimum Gasteiger partial charge on any atom is -0.371 e. The van der Waals surface area contributed by atoms with Crippen molar-refractivity contribution in [2.45, 2.75) is 40.2 Å². The van der Waals surface area contributed by atoms with E-state index in [0.29, 0.717) is 5.92 Å². The molecule has 1 aliphatic rings. The molecule has 1 fully saturated rings. The highest BCUT2D eigenvalue weighted by molar-refractivity contribution is 9.10. The van der Waals surface area contributed by atoms with Gasteiger partial charge >= 0.3 is 0 Å². The van der Waals surface area contributed by atoms with Gasteiger partial charge in [-0.1, -0.05) is 42.8 Å². The lowest BCUT2D eigenvalue weighted by Crippen LogP contribution is -2.32. The van der Waals surface area contributed by atoms with Gasteiger partial charge in [0.25, 0.3) is 0 Å². The number of hydrogen-bond acceptors (Lipinski definition) is 2. The van der Waals surface area contributed by atoms with Crippen LogP contribution in [0, 0.1) is 11.8 Å². The number of nitrogens with zero attached hydrogens (tertiary/aromatic N) is 1. The first kappa shape index (κ1) is 15.8. The molecule has 0 bridgehead atoms. The van der Waals surface area contributed by atoms with Gasteiger partial charge in [-0.05, 0) is 48.9 Å². The smallest absolute Gasteiger partial charge is 0.0377 e. The third-order valence-corrected chi connectivity index (χ3v) is 4.79. The van der Waals surface area contributed by atoms with Crippen LogP contribution in [-0.4, -0.2) is 19.6 Å². The van der Waals surface area contributed by atoms with Crippen molar-refractivity contribution in [3.8, 4) is 0 Å². The normalized spacial score (nSPS) is 16.9. The molecule has 3 heteroatoms. The van der Waals surface area contributed by atoms with Gasteiger partial charge in [-0.3, -0.25) is 0 Å². The molecule has 2 rings (SSSR count). The number of nitrogens with one attached hydrogen (secondary N) is 1. The Morgan fingerprint density at radius 3 is 2.60 bits per heavy atom. The van der Waals surface area contributed by atoms with E-state index in [9.17, 15) is 0 Å². The molecule has 1 aromatic rings. The lowest BCUT2D eigenvalue weighted by molar-refractivity contribution is 0.438. The molecule has 0 saturated carbocycles. The Labute approximate surface area is 132 Å². The Kier molecular flexibility index (Phi) is 5.91. The van der Waals surface area contributed by atoms with Gasteiger partial charge in [-0.15, -0.1) is 0 Å². The lowest BCUT2D eigenvalue weighted by atomic mass is 9.98. The van der Waals surface area contributed by atoms with Crippen LogP contribution in [0.4, 0.5) is 5.69 Å². The van der Waals surface area contributed by atoms with E-state index in [1.54, 1.807) is 0 Å². The fourth-order valence-electron chi connectivity index (χ4n) is 2.64. The second-order valence-electron chi connectivity index (χ2n) is 6.47. The molecule has 0 aliphatic carbocycles. The van der Waals surface area contributed by atoms with Crippen molar-refractivity contribution in [1.29, 1.82) is 0 Å². The van der Waals surface area contributed by atoms with Crippen molar-refractivity contribution in [2.24, 2.45) is 11.8 Å². The minimum absolute atomic E-state index is 0.698. The number of benzene rings is 1. The van der Waals surface area contributed by atoms with Crippen molar-refractivity contribution in [1.82, 2.24) is 5.32 Å². The minimum atomic E-state index is 0.698. The van der Waals surface area contributed by atoms with E-state index in [1.165, 1.54) is 41.7 Å². The first-order valence-corrected chi connectivity index (χ1v) is 8.59. The number of halogens is 1. The highest BCUT2D eigenvalue weighted by Crippen LogP contribution is 2.27. The van der Waals surface area contributed by atoms with Crippen LogP contribution in [0.3, 0.4) is 0 Å². The van der Waals surface area contributed by atoms with Crippen molar-refractivity contribution < 1.29 is 0 Å². The quantitative estimate of drug-likeness (QED) is 0.854. The molecule has 20 heavy (non-hydrogen) atoms. The molecule has 0 atom stereocenters. The molecule has 0 radical (unpaired) electrons. The van der Waals surface area contributed by atoms with E-state index in [0.717, 1.165) is 19.0 Å². The molecule has 0 aromatic heterocycles. The SMILES string of the molecule is CC(C)CNCc1ccc(N2CCC(C)CC2)cc1Br. The summed E-state index contributed by atoms with van der Waals surface area (Å²) in [5.41, 5.74) is 2.70. The van der Waals surface area contributed by atoms with Crippen LogP contribution in [0.25, 0.3) is 0 Å². The van der Waals surface area contributed by atoms with Crippen LogP contribution >= 0.6 is 15.9 Å². The van der Waals surface area contributed by atoms with Gasteiger partial charge in [0.2, 0.25) is 0 Å². The predicted octanol–water partition coefficient (Wildman–Crippen LogP) is 4.43. The monoisotopic (exact) mass is 338 g/mol. The summed E-state index contributed by atoms with van der Waals surface area (Å²) >= 11 is 3.73. The number of hydrogen-bond donors (Lipinski definition) is 1. The Bertz CT molecular complexity index is 423. The van der Waals surface area contributed by atoms with Crippen LogP contribution in [0.2, 0.25) is 0 Å². The lowest BCUT2D eigenvalue weighted by Gasteiger charge is -2.32. The van der Waals surface area contributed by atoms with Gasteiger partial charge in [-0.2, -0.15) is 0 Å². The van der Waals surface area contributed by atoms with Gasteiger partial charge in [-0.25, -0.2) is 0 Å². The first-order valence-electron chi connectivity index (χ1n) is 7.80. The van der Waals surface area contributed by atoms with E-state index in [4.69, 9.17) is 0 Å². The largest absolute Gasteiger partial charge is 0.371 e. The summed E-state index contributed by atoms with van der Waals surface area (Å²) in [7, 11) is 0. The zero-order chi connectivity index (χ0) is 14.5. The van der Waals surface area contributed by atoms with Gasteiger partial charge in [0.1, 0.15) is 0 Å². The summed E-state index contributed by atoms with van der Waals surface area (Å²) < 4.78 is 1.23. The van der Waals surface area contributed by atoms with E-state index >= 15 is 0 Å². The van der Waals surface area contributed by atoms with Crippen molar-refractivity contribution in [2.75, 3.05) is 24.5 Å². The molecule has 1 aliphatic heterocycles. The zero-order valence-corrected chi connectivity index (χ0v) is 14.5. The zero-order valence-electron chi connectivity index (χ0n) is 13.0. The summed E-state index contributed by atoms with van der Waals surface area (Å²) in [6, 6.07) is 6.81. The van der Waals surface area contributed by atoms with Gasteiger partial charge < -0.3 is 10.2 Å². The standard InChI is InChI=1S/C17H27BrN2/c1-13(2)11-19-12-15-4-5-16(10-17(15)18)20-8-6-14(3)7-9-20/h4-5,10,13-14,19H,6-9,11-12H2,1-3H3. The molecule has 0 amide bonds. The summed E-state index contributed by atoms with van der Waals surface area (Å²) in [6.45, 7) is 11.2. The molecule has 1 aromatic carbocycles. The van der Waals surface area contributed by atoms with Crippen LogP contribution in [0.1, 0.15) is 39.2 Å². The van der Waals surface area contributed by atoms with Crippen molar-refractivity contribution in [3.63, 3.8) is 0 Å². The maximum absolute atomic E-state index is 3.73. The Morgan fingerprint density at radius 1 is 1.30 bits per heavy atom. The van der Waals surface area contributed by atoms with Crippen molar-refractivity contribution >= 4 is 21.6 Å².